The number of benzene rings is 1. The highest BCUT2D eigenvalue weighted by Gasteiger charge is 2.33. The van der Waals surface area contributed by atoms with Crippen molar-refractivity contribution in [3.63, 3.8) is 0 Å². The second kappa shape index (κ2) is 10.6. The van der Waals surface area contributed by atoms with Crippen LogP contribution in [0.4, 0.5) is 11.4 Å². The Morgan fingerprint density at radius 1 is 1.12 bits per heavy atom. The fourth-order valence-electron chi connectivity index (χ4n) is 1.58. The molecule has 0 aromatic heterocycles. The molecule has 8 nitrogen and oxygen atoms in total. The van der Waals surface area contributed by atoms with Crippen LogP contribution < -0.4 is 4.72 Å². The van der Waals surface area contributed by atoms with Crippen LogP contribution in [0.25, 0.3) is 0 Å². The molecule has 24 heavy (non-hydrogen) atoms. The number of nitrogens with zero attached hydrogens (tertiary/aromatic N) is 1. The average Bonchev–Trinajstić information content (AvgIpc) is 2.56. The van der Waals surface area contributed by atoms with Crippen molar-refractivity contribution in [3.05, 3.63) is 34.4 Å². The largest absolute Gasteiger partial charge is 0.438 e. The number of nitrogens with one attached hydrogen (secondary N) is 1. The molecule has 0 fully saturated rings. The first-order valence-electron chi connectivity index (χ1n) is 7.75. The SMILES string of the molecule is CCCCOP(=O)(OCCCC)S(=O)Nc1ccc([N+](=O)[O-])cc1. The number of rotatable bonds is 12. The number of hydrogen-bond acceptors (Lipinski definition) is 6. The Morgan fingerprint density at radius 2 is 1.62 bits per heavy atom. The van der Waals surface area contributed by atoms with Crippen LogP contribution in [0, 0.1) is 10.1 Å². The number of nitro groups is 1. The van der Waals surface area contributed by atoms with Crippen LogP contribution in [-0.4, -0.2) is 22.3 Å². The third-order valence-corrected chi connectivity index (χ3v) is 6.92. The normalized spacial score (nSPS) is 12.8. The molecule has 0 aliphatic carbocycles. The first-order valence-corrected chi connectivity index (χ1v) is 11.1. The highest BCUT2D eigenvalue weighted by molar-refractivity contribution is 8.46. The quantitative estimate of drug-likeness (QED) is 0.250. The fourth-order valence-corrected chi connectivity index (χ4v) is 4.68. The van der Waals surface area contributed by atoms with E-state index in [1.54, 1.807) is 0 Å². The summed E-state index contributed by atoms with van der Waals surface area (Å²) in [6.45, 7) is 0.451. The molecule has 0 aliphatic heterocycles. The zero-order chi connectivity index (χ0) is 18.0. The van der Waals surface area contributed by atoms with Gasteiger partial charge in [-0.25, -0.2) is 8.77 Å². The Hall–Kier alpha value is -1.28. The van der Waals surface area contributed by atoms with Crippen molar-refractivity contribution < 1.29 is 22.7 Å². The fraction of sp³-hybridized carbons (Fsp3) is 0.571. The molecule has 1 atom stereocenters. The molecule has 0 saturated carbocycles. The Bertz CT molecular complexity index is 581. The first kappa shape index (κ1) is 20.8. The molecule has 1 unspecified atom stereocenters. The lowest BCUT2D eigenvalue weighted by atomic mass is 10.3. The summed E-state index contributed by atoms with van der Waals surface area (Å²) in [5.74, 6) is 0. The third kappa shape index (κ3) is 6.68. The van der Waals surface area contributed by atoms with Gasteiger partial charge in [-0.2, -0.15) is 0 Å². The number of unbranched alkanes of at least 4 members (excludes halogenated alkanes) is 2. The zero-order valence-electron chi connectivity index (χ0n) is 13.8. The number of hydrogen-bond donors (Lipinski definition) is 1. The predicted molar refractivity (Wildman–Crippen MR) is 94.2 cm³/mol. The van der Waals surface area contributed by atoms with E-state index >= 15 is 0 Å². The Balaban J connectivity index is 2.78. The molecule has 0 amide bonds. The van der Waals surface area contributed by atoms with E-state index in [4.69, 9.17) is 9.05 Å². The van der Waals surface area contributed by atoms with E-state index < -0.39 is 22.3 Å². The summed E-state index contributed by atoms with van der Waals surface area (Å²) in [6.07, 6.45) is 3.04. The lowest BCUT2D eigenvalue weighted by molar-refractivity contribution is -0.384. The molecule has 1 N–H and O–H groups in total. The number of anilines is 1. The Kier molecular flexibility index (Phi) is 9.13. The van der Waals surface area contributed by atoms with Gasteiger partial charge in [0.05, 0.1) is 18.1 Å². The molecule has 1 aromatic rings. The van der Waals surface area contributed by atoms with Crippen molar-refractivity contribution in [2.45, 2.75) is 39.5 Å². The van der Waals surface area contributed by atoms with Crippen LogP contribution in [0.5, 0.6) is 0 Å². The van der Waals surface area contributed by atoms with Crippen LogP contribution in [0.1, 0.15) is 39.5 Å². The number of non-ortho nitro benzene ring substituents is 1. The van der Waals surface area contributed by atoms with Crippen molar-refractivity contribution in [2.75, 3.05) is 17.9 Å². The maximum absolute atomic E-state index is 12.7. The van der Waals surface area contributed by atoms with Crippen LogP contribution in [0.2, 0.25) is 0 Å². The second-order valence-electron chi connectivity index (χ2n) is 4.98. The molecule has 0 radical (unpaired) electrons. The minimum absolute atomic E-state index is 0.0899. The van der Waals surface area contributed by atoms with Gasteiger partial charge in [0.25, 0.3) is 5.69 Å². The van der Waals surface area contributed by atoms with Crippen LogP contribution >= 0.6 is 6.80 Å². The molecule has 10 heteroatoms. The lowest BCUT2D eigenvalue weighted by Crippen LogP contribution is -2.11. The van der Waals surface area contributed by atoms with Gasteiger partial charge in [0.2, 0.25) is 10.6 Å². The van der Waals surface area contributed by atoms with Gasteiger partial charge < -0.3 is 0 Å². The van der Waals surface area contributed by atoms with Gasteiger partial charge in [-0.05, 0) is 25.0 Å². The van der Waals surface area contributed by atoms with Gasteiger partial charge in [0, 0.05) is 17.8 Å². The van der Waals surface area contributed by atoms with Gasteiger partial charge in [0.15, 0.2) is 0 Å². The number of nitro benzene ring substituents is 1. The van der Waals surface area contributed by atoms with Crippen molar-refractivity contribution in [1.82, 2.24) is 0 Å². The van der Waals surface area contributed by atoms with Gasteiger partial charge in [-0.1, -0.05) is 26.7 Å². The molecule has 136 valence electrons. The summed E-state index contributed by atoms with van der Waals surface area (Å²) >= 11 is 0. The van der Waals surface area contributed by atoms with E-state index in [9.17, 15) is 18.9 Å². The summed E-state index contributed by atoms with van der Waals surface area (Å²) in [4.78, 5) is 10.1. The molecule has 1 rings (SSSR count). The maximum Gasteiger partial charge on any atom is 0.438 e. The first-order chi connectivity index (χ1) is 11.4. The van der Waals surface area contributed by atoms with Crippen LogP contribution in [-0.2, 0) is 24.2 Å². The smallest absolute Gasteiger partial charge is 0.298 e. The van der Waals surface area contributed by atoms with Gasteiger partial charge >= 0.3 is 6.80 Å². The van der Waals surface area contributed by atoms with E-state index in [1.807, 2.05) is 13.8 Å². The summed E-state index contributed by atoms with van der Waals surface area (Å²) in [5.41, 5.74) is 0.241. The van der Waals surface area contributed by atoms with E-state index in [2.05, 4.69) is 4.72 Å². The van der Waals surface area contributed by atoms with Gasteiger partial charge in [-0.3, -0.25) is 23.9 Å². The second-order valence-corrected chi connectivity index (χ2v) is 9.43. The minimum atomic E-state index is -3.84. The molecule has 0 spiro atoms. The Morgan fingerprint density at radius 3 is 2.04 bits per heavy atom. The van der Waals surface area contributed by atoms with Crippen molar-refractivity contribution in [2.24, 2.45) is 0 Å². The van der Waals surface area contributed by atoms with Crippen LogP contribution in [0.15, 0.2) is 24.3 Å². The monoisotopic (exact) mass is 378 g/mol. The van der Waals surface area contributed by atoms with Gasteiger partial charge in [-0.15, -0.1) is 0 Å². The minimum Gasteiger partial charge on any atom is -0.298 e. The van der Waals surface area contributed by atoms with E-state index in [0.717, 1.165) is 12.8 Å². The molecule has 0 bridgehead atoms. The third-order valence-electron chi connectivity index (χ3n) is 2.98. The molecule has 0 heterocycles. The molecule has 0 saturated heterocycles. The lowest BCUT2D eigenvalue weighted by Gasteiger charge is -2.18. The maximum atomic E-state index is 12.7. The van der Waals surface area contributed by atoms with E-state index in [-0.39, 0.29) is 18.9 Å². The highest BCUT2D eigenvalue weighted by Crippen LogP contribution is 2.52. The van der Waals surface area contributed by atoms with Crippen molar-refractivity contribution >= 4 is 28.8 Å². The molecular formula is C14H23N2O6PS. The molecule has 0 aliphatic rings. The van der Waals surface area contributed by atoms with E-state index in [1.165, 1.54) is 24.3 Å². The summed E-state index contributed by atoms with van der Waals surface area (Å²) < 4.78 is 38.2. The average molecular weight is 378 g/mol. The molecular weight excluding hydrogens is 355 g/mol. The van der Waals surface area contributed by atoms with Gasteiger partial charge in [0.1, 0.15) is 0 Å². The standard InChI is InChI=1S/C14H23N2O6PS/c1-3-5-11-21-23(19,22-12-6-4-2)24(20)15-13-7-9-14(10-8-13)16(17)18/h7-10,15H,3-6,11-12H2,1-2H3. The summed E-state index contributed by atoms with van der Waals surface area (Å²) in [5, 5.41) is 10.6. The van der Waals surface area contributed by atoms with Crippen molar-refractivity contribution in [1.29, 1.82) is 0 Å². The summed E-state index contributed by atoms with van der Waals surface area (Å²) in [6, 6.07) is 5.30. The zero-order valence-corrected chi connectivity index (χ0v) is 15.5. The van der Waals surface area contributed by atoms with Crippen molar-refractivity contribution in [3.8, 4) is 0 Å². The van der Waals surface area contributed by atoms with Crippen LogP contribution in [0.3, 0.4) is 0 Å². The van der Waals surface area contributed by atoms with E-state index in [0.29, 0.717) is 18.5 Å². The predicted octanol–water partition coefficient (Wildman–Crippen LogP) is 4.41. The topological polar surface area (TPSA) is 108 Å². The molecule has 1 aromatic carbocycles. The highest BCUT2D eigenvalue weighted by atomic mass is 32.8. The summed E-state index contributed by atoms with van der Waals surface area (Å²) in [7, 11) is -2.11. The Labute approximate surface area is 144 Å².